The van der Waals surface area contributed by atoms with Gasteiger partial charge in [0, 0.05) is 75.8 Å². The van der Waals surface area contributed by atoms with Gasteiger partial charge < -0.3 is 30.0 Å². The van der Waals surface area contributed by atoms with Gasteiger partial charge in [-0.1, -0.05) is 72.8 Å². The monoisotopic (exact) mass is 908 g/mol. The molecule has 56 heavy (non-hydrogen) atoms. The number of nitrogens with zero attached hydrogens (tertiary/aromatic N) is 2. The summed E-state index contributed by atoms with van der Waals surface area (Å²) in [5.74, 6) is -6.30. The number of unbranched alkanes of at least 4 members (excludes halogenated alkanes) is 3. The second kappa shape index (κ2) is 24.8. The minimum absolute atomic E-state index is 0. The van der Waals surface area contributed by atoms with Crippen molar-refractivity contribution in [2.45, 2.75) is 70.7 Å². The number of rotatable bonds is 17. The maximum Gasteiger partial charge on any atom is 0.312 e. The van der Waals surface area contributed by atoms with Crippen LogP contribution >= 0.6 is 34.8 Å². The van der Waals surface area contributed by atoms with Gasteiger partial charge >= 0.3 is 5.97 Å². The summed E-state index contributed by atoms with van der Waals surface area (Å²) >= 11 is 18.6. The average molecular weight is 910 g/mol. The van der Waals surface area contributed by atoms with Crippen LogP contribution in [0.1, 0.15) is 67.7 Å². The Morgan fingerprint density at radius 3 is 2.38 bits per heavy atom. The Morgan fingerprint density at radius 2 is 1.71 bits per heavy atom. The minimum atomic E-state index is -1.31. The van der Waals surface area contributed by atoms with E-state index >= 15 is 0 Å². The topological polar surface area (TPSA) is 123 Å². The van der Waals surface area contributed by atoms with Crippen molar-refractivity contribution in [2.24, 2.45) is 5.92 Å². The molecule has 0 fully saturated rings. The summed E-state index contributed by atoms with van der Waals surface area (Å²) in [6.45, 7) is 4.49. The van der Waals surface area contributed by atoms with Crippen LogP contribution in [0.15, 0.2) is 67.3 Å². The number of halogens is 5. The third kappa shape index (κ3) is 14.5. The molecule has 1 aromatic heterocycles. The number of imidazole rings is 1. The second-order valence-corrected chi connectivity index (χ2v) is 14.1. The van der Waals surface area contributed by atoms with Crippen molar-refractivity contribution in [1.29, 1.82) is 0 Å². The number of aromatic nitrogens is 2. The van der Waals surface area contributed by atoms with Crippen LogP contribution in [0.4, 0.5) is 8.78 Å². The van der Waals surface area contributed by atoms with Gasteiger partial charge in [0.15, 0.2) is 23.9 Å². The van der Waals surface area contributed by atoms with E-state index in [1.54, 1.807) is 19.3 Å². The maximum absolute atomic E-state index is 13.6. The molecule has 17 heteroatoms. The van der Waals surface area contributed by atoms with E-state index in [4.69, 9.17) is 49.4 Å². The van der Waals surface area contributed by atoms with E-state index in [2.05, 4.69) is 10.6 Å². The van der Waals surface area contributed by atoms with E-state index in [1.807, 2.05) is 71.3 Å². The van der Waals surface area contributed by atoms with Gasteiger partial charge in [0.2, 0.25) is 12.1 Å². The van der Waals surface area contributed by atoms with E-state index in [9.17, 15) is 23.2 Å². The number of hydrogen-bond donors (Lipinski definition) is 3. The number of amides is 1. The number of aromatic hydroxyl groups is 1. The number of ether oxygens (including phenoxy) is 2. The molecule has 3 N–H and O–H groups in total. The summed E-state index contributed by atoms with van der Waals surface area (Å²) in [5, 5.41) is 17.1. The molecule has 1 aliphatic rings. The third-order valence-corrected chi connectivity index (χ3v) is 9.69. The molecule has 0 bridgehead atoms. The quantitative estimate of drug-likeness (QED) is 0.0332. The molecule has 0 spiro atoms. The van der Waals surface area contributed by atoms with Crippen LogP contribution in [-0.2, 0) is 75.9 Å². The summed E-state index contributed by atoms with van der Waals surface area (Å²) in [4.78, 5) is 34.3. The zero-order valence-corrected chi connectivity index (χ0v) is 35.9. The Kier molecular flexibility index (Phi) is 21.8. The number of esters is 1. The van der Waals surface area contributed by atoms with Gasteiger partial charge in [-0.15, -0.1) is 6.42 Å². The molecule has 1 amide bonds. The summed E-state index contributed by atoms with van der Waals surface area (Å²) in [5.41, 5.74) is 1.97. The van der Waals surface area contributed by atoms with Gasteiger partial charge in [-0.05, 0) is 68.2 Å². The number of nitrogens with one attached hydrogen (secondary N) is 2. The van der Waals surface area contributed by atoms with Gasteiger partial charge in [0.25, 0.3) is 5.91 Å². The summed E-state index contributed by atoms with van der Waals surface area (Å²) in [7, 11) is 1.96. The Labute approximate surface area is 364 Å². The molecular formula is C39H43Cl3F2N4O6V2. The zero-order chi connectivity index (χ0) is 39.2. The number of benzene rings is 3. The normalized spacial score (nSPS) is 14.9. The third-order valence-electron chi connectivity index (χ3n) is 8.88. The molecule has 2 radical (unpaired) electrons. The molecule has 3 atom stereocenters. The molecule has 0 saturated carbocycles. The number of hydrogen-bond acceptors (Lipinski definition) is 7. The Morgan fingerprint density at radius 1 is 1.04 bits per heavy atom. The number of fused-ring (bicyclic) bond motifs is 1. The first-order valence-electron chi connectivity index (χ1n) is 17.5. The minimum Gasteiger partial charge on any atom is -0.542 e. The standard InChI is InChI=1S/C27H33Cl3N4O2.C12H9F2O4.2V/c1-31-12-4-2-3-5-13-32-27(35)18-34-15-14-33(20-34)17-26(24-11-10-23(29)16-25(24)30)36-19-21-6-8-22(28)9-7-21;1-5-6(2-3-15)12(17)18-11-7(5)4-8(13)10(16)9(11)14;;/h6-11,14-16,20,26,31H,2-5,12-13,17-19H2,1H3;4-6,16H,2H2,1H3;;/q;-1;;/p+1. The van der Waals surface area contributed by atoms with Gasteiger partial charge in [-0.25, -0.2) is 13.5 Å². The first-order valence-corrected chi connectivity index (χ1v) is 18.6. The Bertz CT molecular complexity index is 1890. The Hall–Kier alpha value is -2.90. The smallest absolute Gasteiger partial charge is 0.312 e. The van der Waals surface area contributed by atoms with E-state index < -0.39 is 40.9 Å². The fraction of sp³-hybridized carbons (Fsp3) is 0.385. The van der Waals surface area contributed by atoms with E-state index in [0.29, 0.717) is 34.8 Å². The van der Waals surface area contributed by atoms with Crippen LogP contribution in [-0.4, -0.2) is 48.0 Å². The van der Waals surface area contributed by atoms with Crippen molar-refractivity contribution >= 4 is 53.0 Å². The number of carbonyl (C=O) groups excluding carboxylic acids is 3. The molecule has 0 saturated heterocycles. The number of carbonyl (C=O) groups is 2. The van der Waals surface area contributed by atoms with Crippen molar-refractivity contribution in [2.75, 3.05) is 20.1 Å². The predicted octanol–water partition coefficient (Wildman–Crippen LogP) is 7.39. The predicted molar refractivity (Wildman–Crippen MR) is 201 cm³/mol. The van der Waals surface area contributed by atoms with Crippen LogP contribution in [0.5, 0.6) is 11.5 Å². The molecule has 0 aliphatic carbocycles. The van der Waals surface area contributed by atoms with Crippen LogP contribution in [0.2, 0.25) is 15.1 Å². The fourth-order valence-corrected chi connectivity index (χ4v) is 6.50. The van der Waals surface area contributed by atoms with Crippen LogP contribution in [0, 0.1) is 17.6 Å². The molecule has 2 heterocycles. The number of phenols is 1. The van der Waals surface area contributed by atoms with Crippen LogP contribution in [0.3, 0.4) is 0 Å². The van der Waals surface area contributed by atoms with Crippen molar-refractivity contribution < 1.29 is 79.4 Å². The molecule has 3 unspecified atom stereocenters. The molecule has 300 valence electrons. The van der Waals surface area contributed by atoms with Crippen molar-refractivity contribution in [3.8, 4) is 11.5 Å². The van der Waals surface area contributed by atoms with Crippen LogP contribution < -0.4 is 19.9 Å². The second-order valence-electron chi connectivity index (χ2n) is 12.8. The first kappa shape index (κ1) is 49.2. The SMILES string of the molecule is CC1c2cc(F)c(O)c(F)c2OC(=O)C1C[C-]=O.CNCCCCCCNC(=O)C[n+]1ccn(CC(OCc2ccc(Cl)cc2)c2ccc(Cl)cc2Cl)c1.[V].[V]. The molecule has 5 rings (SSSR count). The van der Waals surface area contributed by atoms with Gasteiger partial charge in [0.05, 0.1) is 6.61 Å². The molecule has 1 aliphatic heterocycles. The number of phenolic OH excluding ortho intramolecular Hbond substituents is 1. The maximum atomic E-state index is 13.6. The van der Waals surface area contributed by atoms with Crippen molar-refractivity contribution in [3.05, 3.63) is 111 Å². The first-order chi connectivity index (χ1) is 25.9. The summed E-state index contributed by atoms with van der Waals surface area (Å²) in [6.07, 6.45) is 11.2. The average Bonchev–Trinajstić information content (AvgIpc) is 3.58. The fourth-order valence-electron chi connectivity index (χ4n) is 5.84. The zero-order valence-electron chi connectivity index (χ0n) is 30.8. The van der Waals surface area contributed by atoms with E-state index in [-0.39, 0.29) is 67.7 Å². The van der Waals surface area contributed by atoms with Crippen LogP contribution in [0.25, 0.3) is 0 Å². The molecular weight excluding hydrogens is 867 g/mol. The van der Waals surface area contributed by atoms with E-state index in [1.165, 1.54) is 12.8 Å². The van der Waals surface area contributed by atoms with Crippen molar-refractivity contribution in [3.63, 3.8) is 0 Å². The molecule has 10 nitrogen and oxygen atoms in total. The van der Waals surface area contributed by atoms with E-state index in [0.717, 1.165) is 36.6 Å². The van der Waals surface area contributed by atoms with Crippen molar-refractivity contribution in [1.82, 2.24) is 15.2 Å². The largest absolute Gasteiger partial charge is 0.542 e. The van der Waals surface area contributed by atoms with Gasteiger partial charge in [-0.3, -0.25) is 15.9 Å². The van der Waals surface area contributed by atoms with Gasteiger partial charge in [-0.2, -0.15) is 4.39 Å². The summed E-state index contributed by atoms with van der Waals surface area (Å²) in [6, 6.07) is 13.9. The van der Waals surface area contributed by atoms with Gasteiger partial charge in [0.1, 0.15) is 25.0 Å². The Balaban J connectivity index is 0.000000456. The molecule has 4 aromatic rings. The summed E-state index contributed by atoms with van der Waals surface area (Å²) < 4.78 is 41.7. The molecule has 3 aromatic carbocycles.